The van der Waals surface area contributed by atoms with Gasteiger partial charge in [-0.05, 0) is 44.9 Å². The Morgan fingerprint density at radius 1 is 1.31 bits per heavy atom. The Hall–Kier alpha value is -2.52. The number of rotatable bonds is 6. The second kappa shape index (κ2) is 10.5. The molecule has 0 aromatic heterocycles. The van der Waals surface area contributed by atoms with Crippen LogP contribution in [0.1, 0.15) is 57.3 Å². The summed E-state index contributed by atoms with van der Waals surface area (Å²) in [4.78, 5) is 22.7. The van der Waals surface area contributed by atoms with Crippen LogP contribution in [0.4, 0.5) is 4.79 Å². The van der Waals surface area contributed by atoms with Gasteiger partial charge < -0.3 is 20.5 Å². The number of benzene rings is 1. The summed E-state index contributed by atoms with van der Waals surface area (Å²) < 4.78 is 5.15. The van der Waals surface area contributed by atoms with E-state index in [1.807, 2.05) is 24.3 Å². The van der Waals surface area contributed by atoms with Crippen molar-refractivity contribution in [3.63, 3.8) is 0 Å². The minimum atomic E-state index is -0.711. The molecule has 6 nitrogen and oxygen atoms in total. The SMILES string of the molecule is CNC(=O)CCC#Cc1cccc(C(O)CCNC(=O)OC(C)(C)C)c1. The molecule has 1 aromatic carbocycles. The fourth-order valence-corrected chi connectivity index (χ4v) is 2.08. The molecule has 0 saturated carbocycles. The molecule has 0 aliphatic carbocycles. The van der Waals surface area contributed by atoms with Gasteiger partial charge in [0.05, 0.1) is 6.10 Å². The van der Waals surface area contributed by atoms with Crippen molar-refractivity contribution >= 4 is 12.0 Å². The van der Waals surface area contributed by atoms with E-state index in [0.717, 1.165) is 11.1 Å². The van der Waals surface area contributed by atoms with Crippen molar-refractivity contribution < 1.29 is 19.4 Å². The summed E-state index contributed by atoms with van der Waals surface area (Å²) in [5, 5.41) is 15.4. The van der Waals surface area contributed by atoms with Gasteiger partial charge in [0.1, 0.15) is 5.60 Å². The third kappa shape index (κ3) is 9.09. The monoisotopic (exact) mass is 360 g/mol. The highest BCUT2D eigenvalue weighted by atomic mass is 16.6. The molecule has 2 amide bonds. The molecule has 0 radical (unpaired) electrons. The predicted octanol–water partition coefficient (Wildman–Crippen LogP) is 2.51. The normalized spacial score (nSPS) is 11.7. The van der Waals surface area contributed by atoms with E-state index in [1.54, 1.807) is 27.8 Å². The van der Waals surface area contributed by atoms with Gasteiger partial charge in [-0.25, -0.2) is 4.79 Å². The van der Waals surface area contributed by atoms with Crippen LogP contribution in [0.2, 0.25) is 0 Å². The second-order valence-corrected chi connectivity index (χ2v) is 6.83. The van der Waals surface area contributed by atoms with Crippen molar-refractivity contribution in [2.45, 2.75) is 51.7 Å². The molecule has 142 valence electrons. The van der Waals surface area contributed by atoms with Crippen LogP contribution in [0, 0.1) is 11.8 Å². The maximum Gasteiger partial charge on any atom is 0.407 e. The quantitative estimate of drug-likeness (QED) is 0.680. The highest BCUT2D eigenvalue weighted by Gasteiger charge is 2.16. The molecular formula is C20H28N2O4. The molecule has 0 aliphatic heterocycles. The third-order valence-corrected chi connectivity index (χ3v) is 3.35. The Morgan fingerprint density at radius 3 is 2.69 bits per heavy atom. The first-order valence-corrected chi connectivity index (χ1v) is 8.65. The molecular weight excluding hydrogens is 332 g/mol. The van der Waals surface area contributed by atoms with E-state index in [1.165, 1.54) is 0 Å². The number of aliphatic hydroxyl groups is 1. The molecule has 0 fully saturated rings. The fraction of sp³-hybridized carbons (Fsp3) is 0.500. The standard InChI is InChI=1S/C20H28N2O4/c1-20(2,3)26-19(25)22-13-12-17(23)16-10-7-9-15(14-16)8-5-6-11-18(24)21-4/h7,9-10,14,17,23H,6,11-13H2,1-4H3,(H,21,24)(H,22,25). The first-order valence-electron chi connectivity index (χ1n) is 8.65. The Bertz CT molecular complexity index is 668. The van der Waals surface area contributed by atoms with Gasteiger partial charge in [-0.15, -0.1) is 0 Å². The lowest BCUT2D eigenvalue weighted by Crippen LogP contribution is -2.33. The molecule has 1 unspecified atom stereocenters. The molecule has 0 spiro atoms. The van der Waals surface area contributed by atoms with Crippen LogP contribution in [-0.4, -0.2) is 36.3 Å². The minimum Gasteiger partial charge on any atom is -0.444 e. The lowest BCUT2D eigenvalue weighted by atomic mass is 10.0. The van der Waals surface area contributed by atoms with Gasteiger partial charge in [-0.3, -0.25) is 4.79 Å². The largest absolute Gasteiger partial charge is 0.444 e. The summed E-state index contributed by atoms with van der Waals surface area (Å²) in [5.74, 6) is 5.89. The highest BCUT2D eigenvalue weighted by Crippen LogP contribution is 2.17. The summed E-state index contributed by atoms with van der Waals surface area (Å²) >= 11 is 0. The summed E-state index contributed by atoms with van der Waals surface area (Å²) in [7, 11) is 1.60. The molecule has 1 rings (SSSR count). The van der Waals surface area contributed by atoms with Crippen LogP contribution in [-0.2, 0) is 9.53 Å². The molecule has 0 heterocycles. The van der Waals surface area contributed by atoms with Crippen molar-refractivity contribution in [2.24, 2.45) is 0 Å². The Morgan fingerprint density at radius 2 is 2.04 bits per heavy atom. The molecule has 0 bridgehead atoms. The Balaban J connectivity index is 2.50. The van der Waals surface area contributed by atoms with Gasteiger partial charge in [0.25, 0.3) is 0 Å². The smallest absolute Gasteiger partial charge is 0.407 e. The van der Waals surface area contributed by atoms with Crippen LogP contribution in [0.15, 0.2) is 24.3 Å². The molecule has 3 N–H and O–H groups in total. The van der Waals surface area contributed by atoms with E-state index in [2.05, 4.69) is 22.5 Å². The number of alkyl carbamates (subject to hydrolysis) is 1. The van der Waals surface area contributed by atoms with E-state index in [4.69, 9.17) is 4.74 Å². The van der Waals surface area contributed by atoms with Crippen LogP contribution in [0.3, 0.4) is 0 Å². The zero-order valence-electron chi connectivity index (χ0n) is 15.9. The molecule has 0 aliphatic rings. The molecule has 0 saturated heterocycles. The summed E-state index contributed by atoms with van der Waals surface area (Å²) in [6, 6.07) is 7.30. The number of nitrogens with one attached hydrogen (secondary N) is 2. The molecule has 26 heavy (non-hydrogen) atoms. The number of amides is 2. The van der Waals surface area contributed by atoms with Crippen molar-refractivity contribution in [2.75, 3.05) is 13.6 Å². The Labute approximate surface area is 155 Å². The van der Waals surface area contributed by atoms with E-state index in [0.29, 0.717) is 25.8 Å². The van der Waals surface area contributed by atoms with Gasteiger partial charge in [0.2, 0.25) is 5.91 Å². The Kier molecular flexibility index (Phi) is 8.66. The van der Waals surface area contributed by atoms with Crippen molar-refractivity contribution in [3.8, 4) is 11.8 Å². The third-order valence-electron chi connectivity index (χ3n) is 3.35. The fourth-order valence-electron chi connectivity index (χ4n) is 2.08. The maximum atomic E-state index is 11.6. The topological polar surface area (TPSA) is 87.7 Å². The second-order valence-electron chi connectivity index (χ2n) is 6.83. The number of hydrogen-bond donors (Lipinski definition) is 3. The highest BCUT2D eigenvalue weighted by molar-refractivity contribution is 5.75. The van der Waals surface area contributed by atoms with Gasteiger partial charge in [-0.2, -0.15) is 0 Å². The first kappa shape index (κ1) is 21.5. The van der Waals surface area contributed by atoms with Gasteiger partial charge in [0.15, 0.2) is 0 Å². The minimum absolute atomic E-state index is 0.0408. The van der Waals surface area contributed by atoms with Crippen LogP contribution >= 0.6 is 0 Å². The summed E-state index contributed by atoms with van der Waals surface area (Å²) in [6.45, 7) is 5.69. The average molecular weight is 360 g/mol. The predicted molar refractivity (Wildman–Crippen MR) is 100 cm³/mol. The lowest BCUT2D eigenvalue weighted by molar-refractivity contribution is -0.120. The van der Waals surface area contributed by atoms with E-state index < -0.39 is 17.8 Å². The average Bonchev–Trinajstić information content (AvgIpc) is 2.57. The number of carbonyl (C=O) groups is 2. The first-order chi connectivity index (χ1) is 12.2. The van der Waals surface area contributed by atoms with Gasteiger partial charge in [0, 0.05) is 32.0 Å². The van der Waals surface area contributed by atoms with E-state index >= 15 is 0 Å². The number of ether oxygens (including phenoxy) is 1. The molecule has 1 atom stereocenters. The van der Waals surface area contributed by atoms with Crippen LogP contribution < -0.4 is 10.6 Å². The van der Waals surface area contributed by atoms with Gasteiger partial charge >= 0.3 is 6.09 Å². The van der Waals surface area contributed by atoms with Gasteiger partial charge in [-0.1, -0.05) is 24.0 Å². The zero-order valence-corrected chi connectivity index (χ0v) is 15.9. The number of carbonyl (C=O) groups excluding carboxylic acids is 2. The zero-order chi connectivity index (χ0) is 19.6. The summed E-state index contributed by atoms with van der Waals surface area (Å²) in [5.41, 5.74) is 0.959. The van der Waals surface area contributed by atoms with E-state index in [9.17, 15) is 14.7 Å². The van der Waals surface area contributed by atoms with E-state index in [-0.39, 0.29) is 5.91 Å². The van der Waals surface area contributed by atoms with Crippen molar-refractivity contribution in [3.05, 3.63) is 35.4 Å². The number of aliphatic hydroxyl groups excluding tert-OH is 1. The van der Waals surface area contributed by atoms with Crippen molar-refractivity contribution in [1.29, 1.82) is 0 Å². The van der Waals surface area contributed by atoms with Crippen LogP contribution in [0.5, 0.6) is 0 Å². The van der Waals surface area contributed by atoms with Crippen LogP contribution in [0.25, 0.3) is 0 Å². The van der Waals surface area contributed by atoms with Crippen molar-refractivity contribution in [1.82, 2.24) is 10.6 Å². The maximum absolute atomic E-state index is 11.6. The molecule has 6 heteroatoms. The molecule has 1 aromatic rings. The summed E-state index contributed by atoms with van der Waals surface area (Å²) in [6.07, 6.45) is -0.000662. The lowest BCUT2D eigenvalue weighted by Gasteiger charge is -2.20. The number of hydrogen-bond acceptors (Lipinski definition) is 4.